The molecule has 3 rings (SSSR count). The first kappa shape index (κ1) is 16.8. The van der Waals surface area contributed by atoms with E-state index in [1.54, 1.807) is 24.4 Å². The van der Waals surface area contributed by atoms with E-state index in [4.69, 9.17) is 10.6 Å². The Bertz CT molecular complexity index is 718. The molecule has 0 spiro atoms. The minimum atomic E-state index is -0.674. The van der Waals surface area contributed by atoms with Crippen LogP contribution in [0.15, 0.2) is 41.7 Å². The van der Waals surface area contributed by atoms with Crippen molar-refractivity contribution in [3.63, 3.8) is 0 Å². The third-order valence-electron chi connectivity index (χ3n) is 4.31. The van der Waals surface area contributed by atoms with Crippen LogP contribution in [0.3, 0.4) is 0 Å². The van der Waals surface area contributed by atoms with Crippen LogP contribution in [0.2, 0.25) is 0 Å². The molecule has 2 aliphatic rings. The molecule has 1 aliphatic heterocycles. The highest BCUT2D eigenvalue weighted by atomic mass is 16.7. The second kappa shape index (κ2) is 7.25. The van der Waals surface area contributed by atoms with Crippen molar-refractivity contribution in [1.82, 2.24) is 9.88 Å². The minimum Gasteiger partial charge on any atom is -0.379 e. The number of likely N-dealkylation sites (tertiary alicyclic amines) is 1. The molecule has 0 bridgehead atoms. The highest BCUT2D eigenvalue weighted by Gasteiger charge is 2.46. The highest BCUT2D eigenvalue weighted by Crippen LogP contribution is 2.34. The van der Waals surface area contributed by atoms with Crippen molar-refractivity contribution in [1.29, 1.82) is 0 Å². The van der Waals surface area contributed by atoms with Crippen LogP contribution in [-0.4, -0.2) is 40.0 Å². The van der Waals surface area contributed by atoms with E-state index in [1.165, 1.54) is 0 Å². The van der Waals surface area contributed by atoms with Gasteiger partial charge in [0.1, 0.15) is 5.69 Å². The smallest absolute Gasteiger partial charge is 0.336 e. The van der Waals surface area contributed by atoms with Crippen molar-refractivity contribution in [3.8, 4) is 0 Å². The number of nitrogens with two attached hydrogens (primary N) is 1. The summed E-state index contributed by atoms with van der Waals surface area (Å²) >= 11 is 0. The summed E-state index contributed by atoms with van der Waals surface area (Å²) in [5.74, 6) is -1.74. The Morgan fingerprint density at radius 1 is 1.24 bits per heavy atom. The number of oxime groups is 1. The molecule has 1 fully saturated rings. The molecule has 130 valence electrons. The number of carbonyl (C=O) groups excluding carboxylic acids is 3. The van der Waals surface area contributed by atoms with Gasteiger partial charge in [-0.1, -0.05) is 23.4 Å². The molecule has 1 aromatic rings. The van der Waals surface area contributed by atoms with E-state index < -0.39 is 5.97 Å². The first-order valence-corrected chi connectivity index (χ1v) is 8.03. The molecule has 2 N–H and O–H groups in total. The topological polar surface area (TPSA) is 115 Å². The summed E-state index contributed by atoms with van der Waals surface area (Å²) in [6, 6.07) is 5.08. The van der Waals surface area contributed by atoms with E-state index in [-0.39, 0.29) is 42.5 Å². The van der Waals surface area contributed by atoms with Gasteiger partial charge in [0.2, 0.25) is 11.8 Å². The van der Waals surface area contributed by atoms with E-state index in [1.807, 2.05) is 12.2 Å². The van der Waals surface area contributed by atoms with Gasteiger partial charge in [-0.2, -0.15) is 0 Å². The first-order valence-electron chi connectivity index (χ1n) is 8.03. The van der Waals surface area contributed by atoms with Gasteiger partial charge < -0.3 is 10.6 Å². The Morgan fingerprint density at radius 2 is 1.92 bits per heavy atom. The minimum absolute atomic E-state index is 0.0114. The predicted octanol–water partition coefficient (Wildman–Crippen LogP) is 0.586. The van der Waals surface area contributed by atoms with Crippen LogP contribution in [0.5, 0.6) is 0 Å². The van der Waals surface area contributed by atoms with Crippen LogP contribution in [0.4, 0.5) is 0 Å². The average Bonchev–Trinajstić information content (AvgIpc) is 2.89. The molecule has 0 unspecified atom stereocenters. The number of pyridine rings is 1. The molecule has 1 aromatic heterocycles. The van der Waals surface area contributed by atoms with Crippen molar-refractivity contribution in [2.45, 2.75) is 19.3 Å². The van der Waals surface area contributed by atoms with Crippen LogP contribution in [0.1, 0.15) is 25.0 Å². The quantitative estimate of drug-likeness (QED) is 0.209. The highest BCUT2D eigenvalue weighted by molar-refractivity contribution is 6.05. The molecule has 25 heavy (non-hydrogen) atoms. The summed E-state index contributed by atoms with van der Waals surface area (Å²) in [5, 5.41) is 3.53. The Hall–Kier alpha value is -3.03. The third kappa shape index (κ3) is 3.57. The van der Waals surface area contributed by atoms with Gasteiger partial charge in [0.25, 0.3) is 0 Å². The predicted molar refractivity (Wildman–Crippen MR) is 87.7 cm³/mol. The van der Waals surface area contributed by atoms with Gasteiger partial charge in [0.15, 0.2) is 5.84 Å². The summed E-state index contributed by atoms with van der Waals surface area (Å²) in [4.78, 5) is 46.2. The zero-order valence-corrected chi connectivity index (χ0v) is 13.5. The van der Waals surface area contributed by atoms with E-state index in [0.717, 1.165) is 4.90 Å². The zero-order valence-electron chi connectivity index (χ0n) is 13.5. The van der Waals surface area contributed by atoms with Gasteiger partial charge in [0, 0.05) is 12.7 Å². The Labute approximate surface area is 144 Å². The summed E-state index contributed by atoms with van der Waals surface area (Å²) in [6.07, 6.45) is 6.38. The molecular formula is C17H18N4O4. The van der Waals surface area contributed by atoms with E-state index >= 15 is 0 Å². The third-order valence-corrected chi connectivity index (χ3v) is 4.31. The number of amides is 2. The van der Waals surface area contributed by atoms with Gasteiger partial charge in [-0.05, 0) is 25.0 Å². The molecule has 0 radical (unpaired) electrons. The van der Waals surface area contributed by atoms with Crippen LogP contribution in [-0.2, 0) is 19.2 Å². The monoisotopic (exact) mass is 342 g/mol. The maximum Gasteiger partial charge on any atom is 0.336 e. The molecule has 8 heteroatoms. The van der Waals surface area contributed by atoms with Crippen LogP contribution in [0.25, 0.3) is 0 Å². The average molecular weight is 342 g/mol. The number of amidine groups is 1. The Morgan fingerprint density at radius 3 is 2.52 bits per heavy atom. The molecule has 0 saturated carbocycles. The zero-order chi connectivity index (χ0) is 17.8. The fraction of sp³-hybridized carbons (Fsp3) is 0.353. The van der Waals surface area contributed by atoms with Crippen LogP contribution >= 0.6 is 0 Å². The molecule has 2 heterocycles. The second-order valence-electron chi connectivity index (χ2n) is 5.89. The lowest BCUT2D eigenvalue weighted by Crippen LogP contribution is -2.33. The second-order valence-corrected chi connectivity index (χ2v) is 5.89. The number of hydrogen-bond donors (Lipinski definition) is 1. The molecule has 8 nitrogen and oxygen atoms in total. The van der Waals surface area contributed by atoms with Crippen molar-refractivity contribution >= 4 is 23.6 Å². The first-order chi connectivity index (χ1) is 12.1. The van der Waals surface area contributed by atoms with Crippen molar-refractivity contribution in [2.75, 3.05) is 6.54 Å². The van der Waals surface area contributed by atoms with Crippen molar-refractivity contribution in [3.05, 3.63) is 42.2 Å². The summed E-state index contributed by atoms with van der Waals surface area (Å²) in [6.45, 7) is -0.0114. The molecular weight excluding hydrogens is 324 g/mol. The molecule has 0 aromatic carbocycles. The van der Waals surface area contributed by atoms with E-state index in [2.05, 4.69) is 10.1 Å². The standard InChI is InChI=1S/C17H18N4O4/c18-15(13-7-3-4-9-19-13)20-25-14(22)8-10-21-16(23)11-5-1-2-6-12(11)17(21)24/h1-4,7,9,11-12H,5-6,8,10H2,(H2,18,20)/t11-,12-/m0/s1. The molecule has 2 amide bonds. The summed E-state index contributed by atoms with van der Waals surface area (Å²) < 4.78 is 0. The van der Waals surface area contributed by atoms with Gasteiger partial charge in [-0.3, -0.25) is 19.5 Å². The summed E-state index contributed by atoms with van der Waals surface area (Å²) in [5.41, 5.74) is 6.06. The molecule has 2 atom stereocenters. The number of rotatable bonds is 5. The fourth-order valence-corrected chi connectivity index (χ4v) is 3.00. The number of imide groups is 1. The van der Waals surface area contributed by atoms with Crippen LogP contribution in [0, 0.1) is 11.8 Å². The lowest BCUT2D eigenvalue weighted by Gasteiger charge is -2.14. The number of hydrogen-bond acceptors (Lipinski definition) is 6. The Kier molecular flexibility index (Phi) is 4.87. The number of nitrogens with zero attached hydrogens (tertiary/aromatic N) is 3. The Balaban J connectivity index is 1.53. The number of aromatic nitrogens is 1. The van der Waals surface area contributed by atoms with Crippen molar-refractivity contribution in [2.24, 2.45) is 22.7 Å². The maximum absolute atomic E-state index is 12.3. The van der Waals surface area contributed by atoms with Gasteiger partial charge in [-0.25, -0.2) is 4.79 Å². The fourth-order valence-electron chi connectivity index (χ4n) is 3.00. The van der Waals surface area contributed by atoms with Gasteiger partial charge in [0.05, 0.1) is 18.3 Å². The lowest BCUT2D eigenvalue weighted by atomic mass is 9.85. The number of carbonyl (C=O) groups is 3. The molecule has 1 saturated heterocycles. The molecule has 1 aliphatic carbocycles. The normalized spacial score (nSPS) is 22.9. The maximum atomic E-state index is 12.3. The van der Waals surface area contributed by atoms with E-state index in [9.17, 15) is 14.4 Å². The van der Waals surface area contributed by atoms with Gasteiger partial charge >= 0.3 is 5.97 Å². The van der Waals surface area contributed by atoms with Crippen LogP contribution < -0.4 is 5.73 Å². The SMILES string of the molecule is N/C(=N/OC(=O)CCN1C(=O)[C@H]2CC=CC[C@@H]2C1=O)c1ccccn1. The lowest BCUT2D eigenvalue weighted by molar-refractivity contribution is -0.145. The van der Waals surface area contributed by atoms with Crippen molar-refractivity contribution < 1.29 is 19.2 Å². The van der Waals surface area contributed by atoms with Gasteiger partial charge in [-0.15, -0.1) is 0 Å². The van der Waals surface area contributed by atoms with E-state index in [0.29, 0.717) is 18.5 Å². The summed E-state index contributed by atoms with van der Waals surface area (Å²) in [7, 11) is 0. The number of fused-ring (bicyclic) bond motifs is 1. The number of allylic oxidation sites excluding steroid dienone is 2. The largest absolute Gasteiger partial charge is 0.379 e.